The van der Waals surface area contributed by atoms with Crippen LogP contribution < -0.4 is 15.5 Å². The number of hydrazone groups is 1. The Hall–Kier alpha value is -4.00. The summed E-state index contributed by atoms with van der Waals surface area (Å²) in [7, 11) is 0. The summed E-state index contributed by atoms with van der Waals surface area (Å²) >= 11 is 0. The number of amides is 2. The normalized spacial score (nSPS) is 10.6. The predicted octanol–water partition coefficient (Wildman–Crippen LogP) is 4.13. The first-order valence-electron chi connectivity index (χ1n) is 9.19. The van der Waals surface area contributed by atoms with Crippen LogP contribution in [0.15, 0.2) is 77.9 Å². The lowest BCUT2D eigenvalue weighted by Crippen LogP contribution is -2.18. The minimum absolute atomic E-state index is 0.0693. The van der Waals surface area contributed by atoms with Gasteiger partial charge in [0.1, 0.15) is 18.2 Å². The van der Waals surface area contributed by atoms with E-state index in [9.17, 15) is 14.0 Å². The minimum atomic E-state index is -0.428. The SMILES string of the molecule is CC(=O)Nc1cccc(C(=O)NN=Cc2ccccc2OCc2ccccc2F)c1. The van der Waals surface area contributed by atoms with Gasteiger partial charge >= 0.3 is 0 Å². The Morgan fingerprint density at radius 2 is 1.80 bits per heavy atom. The molecule has 3 rings (SSSR count). The van der Waals surface area contributed by atoms with Gasteiger partial charge in [0, 0.05) is 29.3 Å². The average Bonchev–Trinajstić information content (AvgIpc) is 2.73. The maximum absolute atomic E-state index is 13.8. The topological polar surface area (TPSA) is 79.8 Å². The molecule has 0 saturated heterocycles. The zero-order valence-electron chi connectivity index (χ0n) is 16.3. The second kappa shape index (κ2) is 9.97. The smallest absolute Gasteiger partial charge is 0.271 e. The van der Waals surface area contributed by atoms with Crippen molar-refractivity contribution >= 4 is 23.7 Å². The highest BCUT2D eigenvalue weighted by molar-refractivity contribution is 5.97. The molecule has 0 atom stereocenters. The van der Waals surface area contributed by atoms with Crippen molar-refractivity contribution in [2.75, 3.05) is 5.32 Å². The molecule has 0 unspecified atom stereocenters. The highest BCUT2D eigenvalue weighted by atomic mass is 19.1. The van der Waals surface area contributed by atoms with Gasteiger partial charge in [-0.3, -0.25) is 9.59 Å². The van der Waals surface area contributed by atoms with E-state index in [-0.39, 0.29) is 18.3 Å². The van der Waals surface area contributed by atoms with Crippen molar-refractivity contribution in [3.8, 4) is 5.75 Å². The fourth-order valence-corrected chi connectivity index (χ4v) is 2.66. The third kappa shape index (κ3) is 5.75. The van der Waals surface area contributed by atoms with Gasteiger partial charge in [-0.15, -0.1) is 0 Å². The number of para-hydroxylation sites is 1. The zero-order valence-corrected chi connectivity index (χ0v) is 16.3. The number of anilines is 1. The molecule has 0 radical (unpaired) electrons. The van der Waals surface area contributed by atoms with Crippen molar-refractivity contribution in [1.29, 1.82) is 0 Å². The molecule has 6 nitrogen and oxygen atoms in total. The van der Waals surface area contributed by atoms with Crippen molar-refractivity contribution in [3.05, 3.63) is 95.3 Å². The molecule has 3 aromatic rings. The number of nitrogens with zero attached hydrogens (tertiary/aromatic N) is 1. The summed E-state index contributed by atoms with van der Waals surface area (Å²) < 4.78 is 19.5. The van der Waals surface area contributed by atoms with Crippen molar-refractivity contribution in [3.63, 3.8) is 0 Å². The molecular weight excluding hydrogens is 385 g/mol. The molecule has 7 heteroatoms. The summed E-state index contributed by atoms with van der Waals surface area (Å²) in [6.45, 7) is 1.46. The van der Waals surface area contributed by atoms with E-state index in [4.69, 9.17) is 4.74 Å². The molecular formula is C23H20FN3O3. The quantitative estimate of drug-likeness (QED) is 0.458. The number of hydrogen-bond acceptors (Lipinski definition) is 4. The monoisotopic (exact) mass is 405 g/mol. The number of hydrogen-bond donors (Lipinski definition) is 2. The standard InChI is InChI=1S/C23H20FN3O3/c1-16(28)26-20-10-6-9-17(13-20)23(29)27-25-14-18-7-3-5-12-22(18)30-15-19-8-2-4-11-21(19)24/h2-14H,15H2,1H3,(H,26,28)(H,27,29). The van der Waals surface area contributed by atoms with Crippen molar-refractivity contribution in [2.45, 2.75) is 13.5 Å². The van der Waals surface area contributed by atoms with Gasteiger partial charge in [-0.25, -0.2) is 9.82 Å². The van der Waals surface area contributed by atoms with Crippen LogP contribution in [-0.4, -0.2) is 18.0 Å². The third-order valence-electron chi connectivity index (χ3n) is 4.07. The zero-order chi connectivity index (χ0) is 21.3. The van der Waals surface area contributed by atoms with E-state index < -0.39 is 5.91 Å². The third-order valence-corrected chi connectivity index (χ3v) is 4.07. The first-order valence-corrected chi connectivity index (χ1v) is 9.19. The van der Waals surface area contributed by atoms with Gasteiger partial charge in [-0.1, -0.05) is 36.4 Å². The number of carbonyl (C=O) groups is 2. The van der Waals surface area contributed by atoms with Gasteiger partial charge in [-0.05, 0) is 36.4 Å². The van der Waals surface area contributed by atoms with Gasteiger partial charge in [0.2, 0.25) is 5.91 Å². The average molecular weight is 405 g/mol. The summed E-state index contributed by atoms with van der Waals surface area (Å²) in [5.74, 6) is -0.482. The summed E-state index contributed by atoms with van der Waals surface area (Å²) in [6.07, 6.45) is 1.45. The fraction of sp³-hybridized carbons (Fsp3) is 0.0870. The predicted molar refractivity (Wildman–Crippen MR) is 113 cm³/mol. The molecule has 2 N–H and O–H groups in total. The first-order chi connectivity index (χ1) is 14.5. The van der Waals surface area contributed by atoms with Crippen LogP contribution in [0.5, 0.6) is 5.75 Å². The van der Waals surface area contributed by atoms with E-state index in [1.807, 2.05) is 0 Å². The van der Waals surface area contributed by atoms with Gasteiger partial charge in [0.15, 0.2) is 0 Å². The molecule has 0 fully saturated rings. The van der Waals surface area contributed by atoms with Crippen LogP contribution >= 0.6 is 0 Å². The summed E-state index contributed by atoms with van der Waals surface area (Å²) in [5.41, 5.74) is 4.38. The molecule has 0 saturated carbocycles. The first kappa shape index (κ1) is 20.7. The van der Waals surface area contributed by atoms with Crippen LogP contribution in [-0.2, 0) is 11.4 Å². The number of ether oxygens (including phenoxy) is 1. The maximum atomic E-state index is 13.8. The molecule has 0 bridgehead atoms. The number of nitrogens with one attached hydrogen (secondary N) is 2. The second-order valence-electron chi connectivity index (χ2n) is 6.38. The summed E-state index contributed by atoms with van der Waals surface area (Å²) in [5, 5.41) is 6.60. The molecule has 0 aliphatic rings. The van der Waals surface area contributed by atoms with Crippen molar-refractivity contribution in [1.82, 2.24) is 5.43 Å². The molecule has 2 amide bonds. The van der Waals surface area contributed by atoms with E-state index in [1.165, 1.54) is 19.2 Å². The number of rotatable bonds is 7. The minimum Gasteiger partial charge on any atom is -0.488 e. The second-order valence-corrected chi connectivity index (χ2v) is 6.38. The largest absolute Gasteiger partial charge is 0.488 e. The van der Waals surface area contributed by atoms with Crippen molar-refractivity contribution < 1.29 is 18.7 Å². The summed E-state index contributed by atoms with van der Waals surface area (Å²) in [4.78, 5) is 23.4. The van der Waals surface area contributed by atoms with Gasteiger partial charge in [0.25, 0.3) is 5.91 Å². The molecule has 0 aliphatic carbocycles. The lowest BCUT2D eigenvalue weighted by molar-refractivity contribution is -0.114. The lowest BCUT2D eigenvalue weighted by atomic mass is 10.2. The Morgan fingerprint density at radius 3 is 2.60 bits per heavy atom. The van der Waals surface area contributed by atoms with Crippen LogP contribution in [0.3, 0.4) is 0 Å². The molecule has 0 aliphatic heterocycles. The van der Waals surface area contributed by atoms with Crippen LogP contribution in [0.2, 0.25) is 0 Å². The molecule has 0 spiro atoms. The van der Waals surface area contributed by atoms with Crippen molar-refractivity contribution in [2.24, 2.45) is 5.10 Å². The molecule has 152 valence electrons. The van der Waals surface area contributed by atoms with E-state index in [0.29, 0.717) is 28.1 Å². The Kier molecular flexibility index (Phi) is 6.89. The van der Waals surface area contributed by atoms with Crippen LogP contribution in [0.1, 0.15) is 28.4 Å². The number of carbonyl (C=O) groups excluding carboxylic acids is 2. The van der Waals surface area contributed by atoms with E-state index in [0.717, 1.165) is 0 Å². The van der Waals surface area contributed by atoms with E-state index in [1.54, 1.807) is 66.7 Å². The molecule has 30 heavy (non-hydrogen) atoms. The van der Waals surface area contributed by atoms with Gasteiger partial charge in [0.05, 0.1) is 6.21 Å². The highest BCUT2D eigenvalue weighted by Crippen LogP contribution is 2.18. The van der Waals surface area contributed by atoms with Gasteiger partial charge in [-0.2, -0.15) is 5.10 Å². The maximum Gasteiger partial charge on any atom is 0.271 e. The van der Waals surface area contributed by atoms with Gasteiger partial charge < -0.3 is 10.1 Å². The number of halogens is 1. The van der Waals surface area contributed by atoms with E-state index >= 15 is 0 Å². The molecule has 0 aromatic heterocycles. The Morgan fingerprint density at radius 1 is 1.03 bits per heavy atom. The number of benzene rings is 3. The van der Waals surface area contributed by atoms with Crippen LogP contribution in [0.4, 0.5) is 10.1 Å². The van der Waals surface area contributed by atoms with E-state index in [2.05, 4.69) is 15.8 Å². The Bertz CT molecular complexity index is 1080. The highest BCUT2D eigenvalue weighted by Gasteiger charge is 2.07. The summed E-state index contributed by atoms with van der Waals surface area (Å²) in [6, 6.07) is 20.0. The fourth-order valence-electron chi connectivity index (χ4n) is 2.66. The van der Waals surface area contributed by atoms with Crippen LogP contribution in [0, 0.1) is 5.82 Å². The Balaban J connectivity index is 1.64. The van der Waals surface area contributed by atoms with Crippen LogP contribution in [0.25, 0.3) is 0 Å². The lowest BCUT2D eigenvalue weighted by Gasteiger charge is -2.09. The molecule has 3 aromatic carbocycles. The molecule has 0 heterocycles. The Labute approximate surface area is 173 Å².